The van der Waals surface area contributed by atoms with Gasteiger partial charge in [0.15, 0.2) is 17.1 Å². The summed E-state index contributed by atoms with van der Waals surface area (Å²) in [5, 5.41) is 3.47. The molecular weight excluding hydrogens is 442 g/mol. The minimum absolute atomic E-state index is 0.615. The van der Waals surface area contributed by atoms with E-state index in [-0.39, 0.29) is 0 Å². The lowest BCUT2D eigenvalue weighted by molar-refractivity contribution is -0.0660. The van der Waals surface area contributed by atoms with Gasteiger partial charge in [-0.1, -0.05) is 0 Å². The van der Waals surface area contributed by atoms with E-state index in [1.807, 2.05) is 22.9 Å². The molecule has 2 saturated heterocycles. The molecule has 2 aliphatic rings. The molecule has 0 saturated carbocycles. The Morgan fingerprint density at radius 2 is 1.86 bits per heavy atom. The van der Waals surface area contributed by atoms with Gasteiger partial charge in [0.25, 0.3) is 0 Å². The number of hydrogen-bond acceptors (Lipinski definition) is 8. The molecule has 4 aromatic heterocycles. The number of ether oxygens (including phenoxy) is 1. The zero-order valence-electron chi connectivity index (χ0n) is 19.1. The number of hydrogen-bond donors (Lipinski definition) is 2. The number of imidazole rings is 2. The minimum atomic E-state index is 0.615. The maximum atomic E-state index is 5.35. The van der Waals surface area contributed by atoms with Crippen molar-refractivity contribution < 1.29 is 4.74 Å². The molecule has 0 amide bonds. The first-order valence-corrected chi connectivity index (χ1v) is 11.9. The number of aromatic nitrogens is 6. The third-order valence-corrected chi connectivity index (χ3v) is 6.89. The quantitative estimate of drug-likeness (QED) is 0.407. The summed E-state index contributed by atoms with van der Waals surface area (Å²) in [5.41, 5.74) is 6.25. The summed E-state index contributed by atoms with van der Waals surface area (Å²) >= 11 is 0. The summed E-state index contributed by atoms with van der Waals surface area (Å²) in [7, 11) is 0. The normalized spacial score (nSPS) is 17.2. The van der Waals surface area contributed by atoms with E-state index in [9.17, 15) is 0 Å². The van der Waals surface area contributed by atoms with Crippen LogP contribution in [-0.2, 0) is 4.74 Å². The third kappa shape index (κ3) is 3.76. The summed E-state index contributed by atoms with van der Waals surface area (Å²) in [6.07, 6.45) is 9.11. The van der Waals surface area contributed by atoms with Crippen molar-refractivity contribution in [2.45, 2.75) is 6.04 Å². The van der Waals surface area contributed by atoms with Gasteiger partial charge in [0.1, 0.15) is 0 Å². The van der Waals surface area contributed by atoms with Crippen molar-refractivity contribution in [2.24, 2.45) is 0 Å². The van der Waals surface area contributed by atoms with Gasteiger partial charge in [-0.2, -0.15) is 0 Å². The first-order chi connectivity index (χ1) is 17.3. The molecule has 35 heavy (non-hydrogen) atoms. The molecule has 176 valence electrons. The zero-order chi connectivity index (χ0) is 23.2. The molecule has 2 N–H and O–H groups in total. The molecule has 0 aliphatic carbocycles. The summed E-state index contributed by atoms with van der Waals surface area (Å²) < 4.78 is 7.32. The number of fused-ring (bicyclic) bond motifs is 2. The van der Waals surface area contributed by atoms with Crippen LogP contribution in [0, 0.1) is 0 Å². The van der Waals surface area contributed by atoms with Crippen molar-refractivity contribution in [2.75, 3.05) is 49.6 Å². The van der Waals surface area contributed by atoms with E-state index < -0.39 is 0 Å². The van der Waals surface area contributed by atoms with Crippen molar-refractivity contribution in [3.63, 3.8) is 0 Å². The highest BCUT2D eigenvalue weighted by Gasteiger charge is 2.28. The summed E-state index contributed by atoms with van der Waals surface area (Å²) in [6, 6.07) is 11.2. The number of benzene rings is 1. The largest absolute Gasteiger partial charge is 0.378 e. The second-order valence-electron chi connectivity index (χ2n) is 9.02. The van der Waals surface area contributed by atoms with Gasteiger partial charge in [-0.25, -0.2) is 19.9 Å². The molecule has 1 aromatic carbocycles. The fourth-order valence-electron chi connectivity index (χ4n) is 4.80. The standard InChI is InChI=1S/C25H25N9O/c1-3-19(32-7-9-33(10-8-32)20-14-35-15-20)4-2-18(1)30-24-25-26-5-6-34(25)13-22(31-24)17-11-21-23(27-12-17)29-16-28-21/h1-6,11-13,16,20H,7-10,14-15H2,(H,30,31)(H,27,28,29). The Bertz CT molecular complexity index is 1480. The number of pyridine rings is 1. The molecule has 10 nitrogen and oxygen atoms in total. The lowest BCUT2D eigenvalue weighted by Crippen LogP contribution is -2.56. The summed E-state index contributed by atoms with van der Waals surface area (Å²) in [6.45, 7) is 6.01. The van der Waals surface area contributed by atoms with Gasteiger partial charge in [0.2, 0.25) is 0 Å². The summed E-state index contributed by atoms with van der Waals surface area (Å²) in [4.78, 5) is 26.1. The van der Waals surface area contributed by atoms with Gasteiger partial charge in [0, 0.05) is 67.9 Å². The van der Waals surface area contributed by atoms with Gasteiger partial charge in [0.05, 0.1) is 36.8 Å². The highest BCUT2D eigenvalue weighted by Crippen LogP contribution is 2.27. The fraction of sp³-hybridized carbons (Fsp3) is 0.280. The first-order valence-electron chi connectivity index (χ1n) is 11.9. The van der Waals surface area contributed by atoms with Crippen LogP contribution in [0.1, 0.15) is 0 Å². The lowest BCUT2D eigenvalue weighted by atomic mass is 10.1. The van der Waals surface area contributed by atoms with Gasteiger partial charge in [-0.3, -0.25) is 4.90 Å². The van der Waals surface area contributed by atoms with Crippen molar-refractivity contribution in [3.8, 4) is 11.3 Å². The van der Waals surface area contributed by atoms with Crippen LogP contribution < -0.4 is 10.2 Å². The Labute approximate surface area is 201 Å². The molecule has 5 aromatic rings. The van der Waals surface area contributed by atoms with Crippen LogP contribution in [0.3, 0.4) is 0 Å². The second-order valence-corrected chi connectivity index (χ2v) is 9.02. The zero-order valence-corrected chi connectivity index (χ0v) is 19.1. The van der Waals surface area contributed by atoms with Crippen molar-refractivity contribution in [1.82, 2.24) is 34.2 Å². The van der Waals surface area contributed by atoms with Gasteiger partial charge in [-0.05, 0) is 30.3 Å². The van der Waals surface area contributed by atoms with E-state index in [2.05, 4.69) is 59.3 Å². The molecule has 2 aliphatic heterocycles. The predicted molar refractivity (Wildman–Crippen MR) is 134 cm³/mol. The fourth-order valence-corrected chi connectivity index (χ4v) is 4.80. The number of H-pyrrole nitrogens is 1. The van der Waals surface area contributed by atoms with Crippen molar-refractivity contribution in [3.05, 3.63) is 61.4 Å². The highest BCUT2D eigenvalue weighted by molar-refractivity contribution is 5.79. The van der Waals surface area contributed by atoms with Gasteiger partial charge in [-0.15, -0.1) is 0 Å². The average molecular weight is 468 g/mol. The Kier molecular flexibility index (Phi) is 4.85. The number of rotatable bonds is 5. The molecule has 0 spiro atoms. The molecule has 6 heterocycles. The predicted octanol–water partition coefficient (Wildman–Crippen LogP) is 2.93. The van der Waals surface area contributed by atoms with Crippen LogP contribution in [0.4, 0.5) is 17.2 Å². The van der Waals surface area contributed by atoms with E-state index in [1.165, 1.54) is 5.69 Å². The summed E-state index contributed by atoms with van der Waals surface area (Å²) in [5.74, 6) is 0.696. The molecular formula is C25H25N9O. The lowest BCUT2D eigenvalue weighted by Gasteiger charge is -2.43. The maximum Gasteiger partial charge on any atom is 0.180 e. The number of anilines is 3. The highest BCUT2D eigenvalue weighted by atomic mass is 16.5. The van der Waals surface area contributed by atoms with E-state index in [0.717, 1.165) is 67.5 Å². The maximum absolute atomic E-state index is 5.35. The number of aromatic amines is 1. The van der Waals surface area contributed by atoms with E-state index in [0.29, 0.717) is 17.5 Å². The van der Waals surface area contributed by atoms with Gasteiger partial charge >= 0.3 is 0 Å². The second kappa shape index (κ2) is 8.33. The molecule has 7 rings (SSSR count). The Morgan fingerprint density at radius 1 is 1.00 bits per heavy atom. The van der Waals surface area contributed by atoms with Crippen molar-refractivity contribution in [1.29, 1.82) is 0 Å². The van der Waals surface area contributed by atoms with Crippen LogP contribution >= 0.6 is 0 Å². The molecule has 0 radical (unpaired) electrons. The molecule has 0 atom stereocenters. The van der Waals surface area contributed by atoms with Crippen LogP contribution in [0.2, 0.25) is 0 Å². The monoisotopic (exact) mass is 467 g/mol. The molecule has 0 unspecified atom stereocenters. The SMILES string of the molecule is c1cn2cc(-c3cnc4nc[nH]c4c3)nc(Nc3ccc(N4CCN(C5COC5)CC4)cc3)c2n1. The van der Waals surface area contributed by atoms with Crippen LogP contribution in [0.25, 0.3) is 28.1 Å². The first kappa shape index (κ1) is 20.4. The number of piperazine rings is 1. The smallest absolute Gasteiger partial charge is 0.180 e. The number of nitrogens with one attached hydrogen (secondary N) is 2. The third-order valence-electron chi connectivity index (χ3n) is 6.89. The van der Waals surface area contributed by atoms with Crippen LogP contribution in [0.5, 0.6) is 0 Å². The Hall–Kier alpha value is -4.02. The number of nitrogens with zero attached hydrogens (tertiary/aromatic N) is 7. The minimum Gasteiger partial charge on any atom is -0.378 e. The molecule has 2 fully saturated rings. The van der Waals surface area contributed by atoms with Crippen LogP contribution in [0.15, 0.2) is 61.4 Å². The van der Waals surface area contributed by atoms with E-state index in [4.69, 9.17) is 9.72 Å². The molecule has 0 bridgehead atoms. The van der Waals surface area contributed by atoms with Crippen molar-refractivity contribution >= 4 is 34.0 Å². The molecule has 10 heteroatoms. The van der Waals surface area contributed by atoms with E-state index in [1.54, 1.807) is 18.7 Å². The van der Waals surface area contributed by atoms with E-state index >= 15 is 0 Å². The Morgan fingerprint density at radius 3 is 2.66 bits per heavy atom. The van der Waals surface area contributed by atoms with Gasteiger partial charge < -0.3 is 24.3 Å². The average Bonchev–Trinajstić information content (AvgIpc) is 3.53. The topological polar surface area (TPSA) is 99.5 Å². The van der Waals surface area contributed by atoms with Crippen LogP contribution in [-0.4, -0.2) is 79.7 Å². The Balaban J connectivity index is 1.12.